The molecule has 2 rings (SSSR count). The van der Waals surface area contributed by atoms with E-state index in [4.69, 9.17) is 5.73 Å². The van der Waals surface area contributed by atoms with Gasteiger partial charge in [0.2, 0.25) is 5.91 Å². The van der Waals surface area contributed by atoms with Crippen LogP contribution in [0.5, 0.6) is 0 Å². The second-order valence-corrected chi connectivity index (χ2v) is 4.97. The molecular formula is C15H20N4O. The lowest BCUT2D eigenvalue weighted by Gasteiger charge is -2.13. The Morgan fingerprint density at radius 3 is 2.70 bits per heavy atom. The zero-order valence-electron chi connectivity index (χ0n) is 12.1. The molecule has 0 aliphatic carbocycles. The average molecular weight is 272 g/mol. The fourth-order valence-corrected chi connectivity index (χ4v) is 2.08. The molecule has 2 aromatic rings. The summed E-state index contributed by atoms with van der Waals surface area (Å²) in [5, 5.41) is 7.31. The van der Waals surface area contributed by atoms with E-state index in [0.717, 1.165) is 22.6 Å². The van der Waals surface area contributed by atoms with Crippen molar-refractivity contribution < 1.29 is 4.79 Å². The predicted octanol–water partition coefficient (Wildman–Crippen LogP) is 1.45. The summed E-state index contributed by atoms with van der Waals surface area (Å²) in [7, 11) is 0. The van der Waals surface area contributed by atoms with E-state index in [2.05, 4.69) is 10.4 Å². The molecule has 0 saturated heterocycles. The fraction of sp³-hybridized carbons (Fsp3) is 0.333. The van der Waals surface area contributed by atoms with E-state index in [1.807, 2.05) is 48.9 Å². The zero-order valence-corrected chi connectivity index (χ0v) is 12.1. The molecule has 1 heterocycles. The van der Waals surface area contributed by atoms with Crippen molar-refractivity contribution in [3.63, 3.8) is 0 Å². The maximum Gasteiger partial charge on any atom is 0.236 e. The molecule has 106 valence electrons. The van der Waals surface area contributed by atoms with Gasteiger partial charge in [-0.2, -0.15) is 5.10 Å². The smallest absolute Gasteiger partial charge is 0.236 e. The summed E-state index contributed by atoms with van der Waals surface area (Å²) in [5.41, 5.74) is 9.56. The van der Waals surface area contributed by atoms with Gasteiger partial charge in [-0.25, -0.2) is 4.68 Å². The molecule has 0 spiro atoms. The highest BCUT2D eigenvalue weighted by molar-refractivity contribution is 5.81. The number of nitrogens with two attached hydrogens (primary N) is 1. The molecule has 0 radical (unpaired) electrons. The number of carbonyl (C=O) groups excluding carboxylic acids is 1. The number of benzene rings is 1. The van der Waals surface area contributed by atoms with Crippen LogP contribution in [0.1, 0.15) is 23.9 Å². The van der Waals surface area contributed by atoms with Gasteiger partial charge in [0, 0.05) is 12.2 Å². The van der Waals surface area contributed by atoms with Gasteiger partial charge in [0.05, 0.1) is 17.4 Å². The van der Waals surface area contributed by atoms with Crippen LogP contribution < -0.4 is 11.1 Å². The third-order valence-electron chi connectivity index (χ3n) is 3.10. The first-order chi connectivity index (χ1) is 9.49. The van der Waals surface area contributed by atoms with E-state index >= 15 is 0 Å². The Hall–Kier alpha value is -2.14. The van der Waals surface area contributed by atoms with E-state index in [1.165, 1.54) is 0 Å². The SMILES string of the molecule is Cc1cc(C)n(-c2ccccc2CNC(=O)[C@@H](C)N)n1. The minimum atomic E-state index is -0.504. The van der Waals surface area contributed by atoms with Crippen molar-refractivity contribution in [2.75, 3.05) is 0 Å². The van der Waals surface area contributed by atoms with Gasteiger partial charge in [0.1, 0.15) is 0 Å². The van der Waals surface area contributed by atoms with Crippen LogP contribution in [0.3, 0.4) is 0 Å². The van der Waals surface area contributed by atoms with Crippen molar-refractivity contribution in [2.45, 2.75) is 33.4 Å². The first-order valence-corrected chi connectivity index (χ1v) is 6.64. The minimum absolute atomic E-state index is 0.159. The topological polar surface area (TPSA) is 72.9 Å². The molecule has 1 aromatic carbocycles. The molecule has 0 fully saturated rings. The largest absolute Gasteiger partial charge is 0.351 e. The first kappa shape index (κ1) is 14.3. The molecule has 0 unspecified atom stereocenters. The molecule has 1 atom stereocenters. The van der Waals surface area contributed by atoms with Crippen LogP contribution in [0.4, 0.5) is 0 Å². The molecule has 0 aliphatic rings. The van der Waals surface area contributed by atoms with Gasteiger partial charge in [-0.3, -0.25) is 4.79 Å². The number of hydrogen-bond acceptors (Lipinski definition) is 3. The number of aromatic nitrogens is 2. The molecule has 5 heteroatoms. The molecule has 0 aliphatic heterocycles. The zero-order chi connectivity index (χ0) is 14.7. The van der Waals surface area contributed by atoms with Crippen LogP contribution in [-0.2, 0) is 11.3 Å². The Morgan fingerprint density at radius 2 is 2.10 bits per heavy atom. The predicted molar refractivity (Wildman–Crippen MR) is 78.5 cm³/mol. The monoisotopic (exact) mass is 272 g/mol. The molecular weight excluding hydrogens is 252 g/mol. The summed E-state index contributed by atoms with van der Waals surface area (Å²) < 4.78 is 1.89. The average Bonchev–Trinajstić information content (AvgIpc) is 2.75. The van der Waals surface area contributed by atoms with Crippen molar-refractivity contribution in [2.24, 2.45) is 5.73 Å². The van der Waals surface area contributed by atoms with E-state index in [1.54, 1.807) is 6.92 Å². The van der Waals surface area contributed by atoms with Crippen LogP contribution in [-0.4, -0.2) is 21.7 Å². The van der Waals surface area contributed by atoms with Crippen molar-refractivity contribution in [1.29, 1.82) is 0 Å². The number of rotatable bonds is 4. The number of para-hydroxylation sites is 1. The van der Waals surface area contributed by atoms with Crippen molar-refractivity contribution in [3.05, 3.63) is 47.3 Å². The quantitative estimate of drug-likeness (QED) is 0.885. The van der Waals surface area contributed by atoms with Crippen molar-refractivity contribution in [3.8, 4) is 5.69 Å². The van der Waals surface area contributed by atoms with Crippen LogP contribution in [0.25, 0.3) is 5.69 Å². The molecule has 20 heavy (non-hydrogen) atoms. The highest BCUT2D eigenvalue weighted by atomic mass is 16.2. The Morgan fingerprint density at radius 1 is 1.40 bits per heavy atom. The second kappa shape index (κ2) is 5.88. The molecule has 1 aromatic heterocycles. The Labute approximate surface area is 118 Å². The fourth-order valence-electron chi connectivity index (χ4n) is 2.08. The van der Waals surface area contributed by atoms with Crippen LogP contribution >= 0.6 is 0 Å². The van der Waals surface area contributed by atoms with Gasteiger partial charge in [-0.1, -0.05) is 18.2 Å². The molecule has 5 nitrogen and oxygen atoms in total. The molecule has 1 amide bonds. The number of nitrogens with zero attached hydrogens (tertiary/aromatic N) is 2. The molecule has 3 N–H and O–H groups in total. The van der Waals surface area contributed by atoms with Crippen LogP contribution in [0, 0.1) is 13.8 Å². The highest BCUT2D eigenvalue weighted by Gasteiger charge is 2.11. The highest BCUT2D eigenvalue weighted by Crippen LogP contribution is 2.16. The Kier molecular flexibility index (Phi) is 4.20. The normalized spacial score (nSPS) is 12.2. The number of hydrogen-bond donors (Lipinski definition) is 2. The summed E-state index contributed by atoms with van der Waals surface area (Å²) in [6.07, 6.45) is 0. The first-order valence-electron chi connectivity index (χ1n) is 6.64. The summed E-state index contributed by atoms with van der Waals surface area (Å²) in [5.74, 6) is -0.159. The van der Waals surface area contributed by atoms with Gasteiger partial charge < -0.3 is 11.1 Å². The molecule has 0 bridgehead atoms. The van der Waals surface area contributed by atoms with Gasteiger partial charge in [-0.15, -0.1) is 0 Å². The van der Waals surface area contributed by atoms with Gasteiger partial charge in [0.15, 0.2) is 0 Å². The number of amides is 1. The summed E-state index contributed by atoms with van der Waals surface area (Å²) >= 11 is 0. The standard InChI is InChI=1S/C15H20N4O/c1-10-8-11(2)19(18-10)14-7-5-4-6-13(14)9-17-15(20)12(3)16/h4-8,12H,9,16H2,1-3H3,(H,17,20)/t12-/m1/s1. The summed E-state index contributed by atoms with van der Waals surface area (Å²) in [6, 6.07) is 9.40. The Balaban J connectivity index is 2.27. The summed E-state index contributed by atoms with van der Waals surface area (Å²) in [4.78, 5) is 11.6. The number of carbonyl (C=O) groups is 1. The minimum Gasteiger partial charge on any atom is -0.351 e. The van der Waals surface area contributed by atoms with E-state index in [9.17, 15) is 4.79 Å². The van der Waals surface area contributed by atoms with Crippen LogP contribution in [0.15, 0.2) is 30.3 Å². The van der Waals surface area contributed by atoms with Crippen molar-refractivity contribution in [1.82, 2.24) is 15.1 Å². The van der Waals surface area contributed by atoms with Gasteiger partial charge in [0.25, 0.3) is 0 Å². The maximum atomic E-state index is 11.6. The second-order valence-electron chi connectivity index (χ2n) is 4.97. The lowest BCUT2D eigenvalue weighted by Crippen LogP contribution is -2.38. The maximum absolute atomic E-state index is 11.6. The number of nitrogens with one attached hydrogen (secondary N) is 1. The van der Waals surface area contributed by atoms with E-state index in [-0.39, 0.29) is 5.91 Å². The van der Waals surface area contributed by atoms with Gasteiger partial charge >= 0.3 is 0 Å². The third kappa shape index (κ3) is 3.05. The van der Waals surface area contributed by atoms with Gasteiger partial charge in [-0.05, 0) is 38.5 Å². The lowest BCUT2D eigenvalue weighted by atomic mass is 10.1. The van der Waals surface area contributed by atoms with Crippen LogP contribution in [0.2, 0.25) is 0 Å². The molecule has 0 saturated carbocycles. The third-order valence-corrected chi connectivity index (χ3v) is 3.10. The number of aryl methyl sites for hydroxylation is 2. The van der Waals surface area contributed by atoms with E-state index < -0.39 is 6.04 Å². The van der Waals surface area contributed by atoms with E-state index in [0.29, 0.717) is 6.54 Å². The summed E-state index contributed by atoms with van der Waals surface area (Å²) in [6.45, 7) is 6.08. The Bertz CT molecular complexity index is 616. The van der Waals surface area contributed by atoms with Crippen molar-refractivity contribution >= 4 is 5.91 Å². The lowest BCUT2D eigenvalue weighted by molar-refractivity contribution is -0.122.